The van der Waals surface area contributed by atoms with Crippen LogP contribution < -0.4 is 0 Å². The average Bonchev–Trinajstić information content (AvgIpc) is 2.92. The predicted octanol–water partition coefficient (Wildman–Crippen LogP) is 4.46. The van der Waals surface area contributed by atoms with E-state index in [-0.39, 0.29) is 23.7 Å². The SMILES string of the molecule is CCCCC[C@@H](O)/C=C/C1CCC(=O)[C@@H]1CCCCCSCC(=O)O. The maximum absolute atomic E-state index is 12.1. The first kappa shape index (κ1) is 22.2. The fourth-order valence-corrected chi connectivity index (χ4v) is 4.14. The van der Waals surface area contributed by atoms with Crippen molar-refractivity contribution < 1.29 is 19.8 Å². The number of aliphatic carboxylic acids is 1. The molecular weight excluding hydrogens is 336 g/mol. The summed E-state index contributed by atoms with van der Waals surface area (Å²) in [6.45, 7) is 2.15. The van der Waals surface area contributed by atoms with E-state index in [1.807, 2.05) is 6.08 Å². The number of Topliss-reactive ketones (excluding diaryl/α,β-unsaturated/α-hetero) is 1. The predicted molar refractivity (Wildman–Crippen MR) is 104 cm³/mol. The summed E-state index contributed by atoms with van der Waals surface area (Å²) in [5, 5.41) is 18.6. The smallest absolute Gasteiger partial charge is 0.313 e. The molecule has 0 aliphatic heterocycles. The highest BCUT2D eigenvalue weighted by molar-refractivity contribution is 7.99. The lowest BCUT2D eigenvalue weighted by atomic mass is 9.89. The molecule has 4 nitrogen and oxygen atoms in total. The molecule has 0 aromatic carbocycles. The lowest BCUT2D eigenvalue weighted by Crippen LogP contribution is -2.14. The van der Waals surface area contributed by atoms with E-state index in [1.54, 1.807) is 0 Å². The van der Waals surface area contributed by atoms with Crippen LogP contribution in [0.2, 0.25) is 0 Å². The zero-order valence-electron chi connectivity index (χ0n) is 15.5. The highest BCUT2D eigenvalue weighted by Gasteiger charge is 2.32. The number of thioether (sulfide) groups is 1. The molecule has 0 aromatic rings. The van der Waals surface area contributed by atoms with Gasteiger partial charge in [0.2, 0.25) is 0 Å². The lowest BCUT2D eigenvalue weighted by Gasteiger charge is -2.15. The zero-order chi connectivity index (χ0) is 18.5. The highest BCUT2D eigenvalue weighted by atomic mass is 32.2. The van der Waals surface area contributed by atoms with Gasteiger partial charge in [0.15, 0.2) is 0 Å². The third-order valence-electron chi connectivity index (χ3n) is 4.87. The molecule has 1 fully saturated rings. The molecule has 1 saturated carbocycles. The van der Waals surface area contributed by atoms with Crippen LogP contribution in [0.5, 0.6) is 0 Å². The average molecular weight is 371 g/mol. The van der Waals surface area contributed by atoms with Gasteiger partial charge in [-0.1, -0.05) is 51.2 Å². The summed E-state index contributed by atoms with van der Waals surface area (Å²) in [5.74, 6) is 1.07. The molecular formula is C20H34O4S. The molecule has 0 saturated heterocycles. The van der Waals surface area contributed by atoms with Gasteiger partial charge in [0.1, 0.15) is 5.78 Å². The van der Waals surface area contributed by atoms with Crippen LogP contribution in [0, 0.1) is 11.8 Å². The Hall–Kier alpha value is -0.810. The molecule has 1 unspecified atom stereocenters. The number of hydrogen-bond acceptors (Lipinski definition) is 4. The van der Waals surface area contributed by atoms with Crippen molar-refractivity contribution in [1.29, 1.82) is 0 Å². The summed E-state index contributed by atoms with van der Waals surface area (Å²) in [6.07, 6.45) is 13.3. The first-order valence-electron chi connectivity index (χ1n) is 9.73. The topological polar surface area (TPSA) is 74.6 Å². The molecule has 0 bridgehead atoms. The van der Waals surface area contributed by atoms with Gasteiger partial charge in [0, 0.05) is 12.3 Å². The van der Waals surface area contributed by atoms with Crippen LogP contribution in [0.15, 0.2) is 12.2 Å². The number of ketones is 1. The Morgan fingerprint density at radius 1 is 1.28 bits per heavy atom. The van der Waals surface area contributed by atoms with Crippen molar-refractivity contribution in [2.75, 3.05) is 11.5 Å². The Balaban J connectivity index is 2.24. The molecule has 5 heteroatoms. The molecule has 3 atom stereocenters. The number of unbranched alkanes of at least 4 members (excludes halogenated alkanes) is 4. The van der Waals surface area contributed by atoms with Crippen molar-refractivity contribution >= 4 is 23.5 Å². The van der Waals surface area contributed by atoms with E-state index >= 15 is 0 Å². The van der Waals surface area contributed by atoms with Gasteiger partial charge in [0.05, 0.1) is 11.9 Å². The summed E-state index contributed by atoms with van der Waals surface area (Å²) in [6, 6.07) is 0. The van der Waals surface area contributed by atoms with Crippen molar-refractivity contribution in [2.45, 2.75) is 77.2 Å². The third-order valence-corrected chi connectivity index (χ3v) is 5.90. The van der Waals surface area contributed by atoms with E-state index in [2.05, 4.69) is 13.0 Å². The van der Waals surface area contributed by atoms with Crippen LogP contribution in [-0.2, 0) is 9.59 Å². The van der Waals surface area contributed by atoms with E-state index in [1.165, 1.54) is 11.8 Å². The number of carboxylic acid groups (broad SMARTS) is 1. The molecule has 0 spiro atoms. The van der Waals surface area contributed by atoms with E-state index in [4.69, 9.17) is 5.11 Å². The summed E-state index contributed by atoms with van der Waals surface area (Å²) >= 11 is 1.46. The maximum Gasteiger partial charge on any atom is 0.313 e. The number of aliphatic hydroxyl groups is 1. The maximum atomic E-state index is 12.1. The van der Waals surface area contributed by atoms with Crippen molar-refractivity contribution in [3.63, 3.8) is 0 Å². The summed E-state index contributed by atoms with van der Waals surface area (Å²) in [5.41, 5.74) is 0. The monoisotopic (exact) mass is 370 g/mol. The molecule has 0 amide bonds. The first-order chi connectivity index (χ1) is 12.0. The molecule has 0 aromatic heterocycles. The van der Waals surface area contributed by atoms with E-state index in [9.17, 15) is 14.7 Å². The Kier molecular flexibility index (Phi) is 11.9. The van der Waals surface area contributed by atoms with Crippen LogP contribution in [0.3, 0.4) is 0 Å². The summed E-state index contributed by atoms with van der Waals surface area (Å²) in [4.78, 5) is 22.6. The van der Waals surface area contributed by atoms with Crippen molar-refractivity contribution in [1.82, 2.24) is 0 Å². The van der Waals surface area contributed by atoms with Gasteiger partial charge < -0.3 is 10.2 Å². The van der Waals surface area contributed by atoms with Gasteiger partial charge in [-0.15, -0.1) is 0 Å². The largest absolute Gasteiger partial charge is 0.481 e. The molecule has 1 aliphatic carbocycles. The Bertz CT molecular complexity index is 422. The van der Waals surface area contributed by atoms with Crippen LogP contribution in [-0.4, -0.2) is 39.6 Å². The molecule has 0 radical (unpaired) electrons. The standard InChI is InChI=1S/C20H34O4S/c1-2-3-5-8-17(21)12-10-16-11-13-19(22)18(16)9-6-4-7-14-25-15-20(23)24/h10,12,16-18,21H,2-9,11,13-15H2,1H3,(H,23,24)/b12-10+/t16?,17-,18-/m1/s1. The van der Waals surface area contributed by atoms with Crippen molar-refractivity contribution in [3.8, 4) is 0 Å². The van der Waals surface area contributed by atoms with Gasteiger partial charge in [-0.25, -0.2) is 0 Å². The second kappa shape index (κ2) is 13.4. The normalized spacial score (nSPS) is 21.9. The number of carbonyl (C=O) groups is 2. The molecule has 25 heavy (non-hydrogen) atoms. The second-order valence-electron chi connectivity index (χ2n) is 7.02. The minimum absolute atomic E-state index is 0.116. The number of carboxylic acids is 1. The van der Waals surface area contributed by atoms with Crippen molar-refractivity contribution in [2.24, 2.45) is 11.8 Å². The second-order valence-corrected chi connectivity index (χ2v) is 8.12. The molecule has 1 aliphatic rings. The number of aliphatic hydroxyl groups excluding tert-OH is 1. The molecule has 0 heterocycles. The number of allylic oxidation sites excluding steroid dienone is 1. The van der Waals surface area contributed by atoms with Gasteiger partial charge in [-0.05, 0) is 37.4 Å². The van der Waals surface area contributed by atoms with Crippen LogP contribution in [0.4, 0.5) is 0 Å². The van der Waals surface area contributed by atoms with E-state index in [0.29, 0.717) is 12.2 Å². The lowest BCUT2D eigenvalue weighted by molar-refractivity contribution is -0.134. The van der Waals surface area contributed by atoms with Gasteiger partial charge >= 0.3 is 5.97 Å². The number of rotatable bonds is 14. The number of hydrogen-bond donors (Lipinski definition) is 2. The van der Waals surface area contributed by atoms with Gasteiger partial charge in [0.25, 0.3) is 0 Å². The quantitative estimate of drug-likeness (QED) is 0.349. The minimum atomic E-state index is -0.756. The highest BCUT2D eigenvalue weighted by Crippen LogP contribution is 2.34. The summed E-state index contributed by atoms with van der Waals surface area (Å²) in [7, 11) is 0. The fourth-order valence-electron chi connectivity index (χ4n) is 3.41. The Morgan fingerprint density at radius 3 is 2.80 bits per heavy atom. The Morgan fingerprint density at radius 2 is 2.08 bits per heavy atom. The van der Waals surface area contributed by atoms with Gasteiger partial charge in [-0.2, -0.15) is 11.8 Å². The summed E-state index contributed by atoms with van der Waals surface area (Å²) < 4.78 is 0. The van der Waals surface area contributed by atoms with E-state index in [0.717, 1.165) is 63.5 Å². The zero-order valence-corrected chi connectivity index (χ0v) is 16.3. The Labute approximate surface area is 156 Å². The fraction of sp³-hybridized carbons (Fsp3) is 0.800. The molecule has 1 rings (SSSR count). The number of carbonyl (C=O) groups excluding carboxylic acids is 1. The van der Waals surface area contributed by atoms with E-state index < -0.39 is 5.97 Å². The molecule has 144 valence electrons. The van der Waals surface area contributed by atoms with Crippen LogP contribution in [0.25, 0.3) is 0 Å². The third kappa shape index (κ3) is 10.0. The van der Waals surface area contributed by atoms with Crippen molar-refractivity contribution in [3.05, 3.63) is 12.2 Å². The molecule has 2 N–H and O–H groups in total. The minimum Gasteiger partial charge on any atom is -0.481 e. The van der Waals surface area contributed by atoms with Crippen LogP contribution >= 0.6 is 11.8 Å². The van der Waals surface area contributed by atoms with Crippen LogP contribution in [0.1, 0.15) is 71.1 Å². The first-order valence-corrected chi connectivity index (χ1v) is 10.9. The van der Waals surface area contributed by atoms with Gasteiger partial charge in [-0.3, -0.25) is 9.59 Å².